The monoisotopic (exact) mass is 481 g/mol. The summed E-state index contributed by atoms with van der Waals surface area (Å²) in [4.78, 5) is 33.6. The summed E-state index contributed by atoms with van der Waals surface area (Å²) in [6, 6.07) is 21.5. The minimum absolute atomic E-state index is 0.00565. The summed E-state index contributed by atoms with van der Waals surface area (Å²) in [5.41, 5.74) is 3.66. The summed E-state index contributed by atoms with van der Waals surface area (Å²) in [7, 11) is 0. The first kappa shape index (κ1) is 25.4. The molecule has 2 aromatic carbocycles. The van der Waals surface area contributed by atoms with Crippen molar-refractivity contribution in [3.05, 3.63) is 108 Å². The molecule has 1 aliphatic heterocycles. The smallest absolute Gasteiger partial charge is 0.227 e. The molecule has 0 saturated carbocycles. The van der Waals surface area contributed by atoms with Gasteiger partial charge in [-0.05, 0) is 48.6 Å². The molecule has 0 spiro atoms. The molecule has 0 fully saturated rings. The number of carbonyl (C=O) groups is 2. The van der Waals surface area contributed by atoms with Gasteiger partial charge in [-0.2, -0.15) is 0 Å². The van der Waals surface area contributed by atoms with Crippen molar-refractivity contribution in [2.45, 2.75) is 45.1 Å². The molecule has 36 heavy (non-hydrogen) atoms. The average molecular weight is 482 g/mol. The van der Waals surface area contributed by atoms with Crippen molar-refractivity contribution in [2.75, 3.05) is 18.4 Å². The zero-order valence-electron chi connectivity index (χ0n) is 21.0. The molecule has 1 aliphatic rings. The van der Waals surface area contributed by atoms with Gasteiger partial charge in [0, 0.05) is 49.1 Å². The van der Waals surface area contributed by atoms with Gasteiger partial charge in [-0.25, -0.2) is 0 Å². The average Bonchev–Trinajstić information content (AvgIpc) is 2.93. The van der Waals surface area contributed by atoms with Gasteiger partial charge < -0.3 is 10.2 Å². The van der Waals surface area contributed by atoms with Gasteiger partial charge in [-0.1, -0.05) is 74.0 Å². The van der Waals surface area contributed by atoms with Crippen LogP contribution in [0.1, 0.15) is 60.1 Å². The summed E-state index contributed by atoms with van der Waals surface area (Å²) in [5.74, 6) is -0.432. The molecule has 2 atom stereocenters. The van der Waals surface area contributed by atoms with Crippen LogP contribution in [0.3, 0.4) is 0 Å². The molecule has 2 heterocycles. The first-order valence-electron chi connectivity index (χ1n) is 12.9. The van der Waals surface area contributed by atoms with Crippen LogP contribution in [0.4, 0.5) is 5.69 Å². The number of unbranched alkanes of at least 4 members (excludes halogenated alkanes) is 1. The number of benzene rings is 2. The predicted molar refractivity (Wildman–Crippen MR) is 145 cm³/mol. The lowest BCUT2D eigenvalue weighted by Gasteiger charge is -2.35. The van der Waals surface area contributed by atoms with Crippen molar-refractivity contribution in [1.82, 2.24) is 9.88 Å². The van der Waals surface area contributed by atoms with E-state index in [2.05, 4.69) is 23.3 Å². The highest BCUT2D eigenvalue weighted by Gasteiger charge is 2.32. The number of hydrogen-bond acceptors (Lipinski definition) is 4. The quantitative estimate of drug-likeness (QED) is 0.200. The predicted octanol–water partition coefficient (Wildman–Crippen LogP) is 6.26. The second kappa shape index (κ2) is 12.8. The number of nitrogens with one attached hydrogen (secondary N) is 1. The molecule has 5 nitrogen and oxygen atoms in total. The molecule has 1 amide bonds. The van der Waals surface area contributed by atoms with Crippen LogP contribution in [0.15, 0.2) is 91.3 Å². The molecular formula is C31H35N3O2. The SMILES string of the molecule is CCCCNc1cccc(C(=O)C[C@@H](Cc2ccccc2)C(=O)N2CC=CCC2c2cccnc2)c1. The van der Waals surface area contributed by atoms with Crippen molar-refractivity contribution in [3.8, 4) is 0 Å². The van der Waals surface area contributed by atoms with E-state index in [0.29, 0.717) is 18.5 Å². The van der Waals surface area contributed by atoms with Gasteiger partial charge in [0.2, 0.25) is 5.91 Å². The fourth-order valence-electron chi connectivity index (χ4n) is 4.73. The first-order valence-corrected chi connectivity index (χ1v) is 12.9. The van der Waals surface area contributed by atoms with E-state index in [1.165, 1.54) is 0 Å². The lowest BCUT2D eigenvalue weighted by atomic mass is 9.89. The zero-order valence-corrected chi connectivity index (χ0v) is 21.0. The highest BCUT2D eigenvalue weighted by molar-refractivity contribution is 5.99. The molecule has 0 aliphatic carbocycles. The van der Waals surface area contributed by atoms with Crippen LogP contribution >= 0.6 is 0 Å². The molecule has 4 rings (SSSR count). The Morgan fingerprint density at radius 2 is 1.92 bits per heavy atom. The lowest BCUT2D eigenvalue weighted by molar-refractivity contribution is -0.137. The highest BCUT2D eigenvalue weighted by atomic mass is 16.2. The fourth-order valence-corrected chi connectivity index (χ4v) is 4.73. The molecule has 0 saturated heterocycles. The van der Waals surface area contributed by atoms with Crippen molar-refractivity contribution >= 4 is 17.4 Å². The lowest BCUT2D eigenvalue weighted by Crippen LogP contribution is -2.42. The summed E-state index contributed by atoms with van der Waals surface area (Å²) in [5, 5.41) is 3.39. The van der Waals surface area contributed by atoms with Crippen molar-refractivity contribution in [3.63, 3.8) is 0 Å². The van der Waals surface area contributed by atoms with E-state index in [0.717, 1.165) is 42.6 Å². The van der Waals surface area contributed by atoms with Crippen molar-refractivity contribution in [2.24, 2.45) is 5.92 Å². The number of pyridine rings is 1. The fraction of sp³-hybridized carbons (Fsp3) is 0.323. The van der Waals surface area contributed by atoms with E-state index in [9.17, 15) is 9.59 Å². The topological polar surface area (TPSA) is 62.3 Å². The Morgan fingerprint density at radius 3 is 2.69 bits per heavy atom. The van der Waals surface area contributed by atoms with E-state index in [1.54, 1.807) is 6.20 Å². The minimum atomic E-state index is -0.442. The molecular weight excluding hydrogens is 446 g/mol. The molecule has 1 unspecified atom stereocenters. The Balaban J connectivity index is 1.56. The number of amides is 1. The van der Waals surface area contributed by atoms with Crippen LogP contribution in [0.25, 0.3) is 0 Å². The molecule has 0 bridgehead atoms. The molecule has 5 heteroatoms. The van der Waals surface area contributed by atoms with Gasteiger partial charge in [-0.15, -0.1) is 0 Å². The number of anilines is 1. The maximum atomic E-state index is 14.0. The largest absolute Gasteiger partial charge is 0.385 e. The zero-order chi connectivity index (χ0) is 25.2. The Hall–Kier alpha value is -3.73. The van der Waals surface area contributed by atoms with Gasteiger partial charge in [0.1, 0.15) is 0 Å². The Labute approximate surface area is 214 Å². The Kier molecular flexibility index (Phi) is 9.03. The van der Waals surface area contributed by atoms with Gasteiger partial charge in [0.25, 0.3) is 0 Å². The van der Waals surface area contributed by atoms with Gasteiger partial charge in [0.05, 0.1) is 6.04 Å². The molecule has 1 aromatic heterocycles. The number of Topliss-reactive ketones (excluding diaryl/α,β-unsaturated/α-hetero) is 1. The second-order valence-electron chi connectivity index (χ2n) is 9.37. The number of rotatable bonds is 11. The molecule has 0 radical (unpaired) electrons. The Bertz CT molecular complexity index is 1160. The van der Waals surface area contributed by atoms with Crippen LogP contribution < -0.4 is 5.32 Å². The number of hydrogen-bond donors (Lipinski definition) is 1. The van der Waals surface area contributed by atoms with Crippen LogP contribution in [-0.4, -0.2) is 34.7 Å². The van der Waals surface area contributed by atoms with Gasteiger partial charge >= 0.3 is 0 Å². The van der Waals surface area contributed by atoms with E-state index >= 15 is 0 Å². The molecule has 186 valence electrons. The third-order valence-electron chi connectivity index (χ3n) is 6.71. The third kappa shape index (κ3) is 6.69. The maximum absolute atomic E-state index is 14.0. The van der Waals surface area contributed by atoms with Crippen molar-refractivity contribution < 1.29 is 9.59 Å². The van der Waals surface area contributed by atoms with E-state index in [1.807, 2.05) is 83.9 Å². The first-order chi connectivity index (χ1) is 17.7. The standard InChI is InChI=1S/C31H35N3O2/c1-2-3-18-33-28-15-9-13-25(21-28)30(35)22-27(20-24-11-5-4-6-12-24)31(36)34-19-8-7-16-29(34)26-14-10-17-32-23-26/h4-15,17,21,23,27,29,33H,2-3,16,18-20,22H2,1H3/t27-,29?/m1/s1. The number of nitrogens with zero attached hydrogens (tertiary/aromatic N) is 2. The minimum Gasteiger partial charge on any atom is -0.385 e. The van der Waals surface area contributed by atoms with Crippen LogP contribution in [-0.2, 0) is 11.2 Å². The summed E-state index contributed by atoms with van der Waals surface area (Å²) < 4.78 is 0. The summed E-state index contributed by atoms with van der Waals surface area (Å²) >= 11 is 0. The summed E-state index contributed by atoms with van der Waals surface area (Å²) in [6.45, 7) is 3.57. The Morgan fingerprint density at radius 1 is 1.06 bits per heavy atom. The van der Waals surface area contributed by atoms with Crippen molar-refractivity contribution in [1.29, 1.82) is 0 Å². The third-order valence-corrected chi connectivity index (χ3v) is 6.71. The molecule has 3 aromatic rings. The second-order valence-corrected chi connectivity index (χ2v) is 9.37. The van der Waals surface area contributed by atoms with Crippen LogP contribution in [0.2, 0.25) is 0 Å². The molecule has 1 N–H and O–H groups in total. The number of aromatic nitrogens is 1. The van der Waals surface area contributed by atoms with E-state index in [4.69, 9.17) is 0 Å². The van der Waals surface area contributed by atoms with E-state index in [-0.39, 0.29) is 24.2 Å². The van der Waals surface area contributed by atoms with Crippen LogP contribution in [0.5, 0.6) is 0 Å². The van der Waals surface area contributed by atoms with E-state index < -0.39 is 5.92 Å². The van der Waals surface area contributed by atoms with Gasteiger partial charge in [-0.3, -0.25) is 14.6 Å². The maximum Gasteiger partial charge on any atom is 0.227 e. The van der Waals surface area contributed by atoms with Gasteiger partial charge in [0.15, 0.2) is 5.78 Å². The van der Waals surface area contributed by atoms with Crippen LogP contribution in [0, 0.1) is 5.92 Å². The summed E-state index contributed by atoms with van der Waals surface area (Å²) in [6.07, 6.45) is 11.4. The normalized spacial score (nSPS) is 15.9. The number of ketones is 1. The highest BCUT2D eigenvalue weighted by Crippen LogP contribution is 2.30. The number of carbonyl (C=O) groups excluding carboxylic acids is 2.